The van der Waals surface area contributed by atoms with Crippen molar-refractivity contribution in [1.82, 2.24) is 5.32 Å². The van der Waals surface area contributed by atoms with E-state index in [1.54, 1.807) is 31.2 Å². The Hall–Kier alpha value is -1.76. The lowest BCUT2D eigenvalue weighted by Gasteiger charge is -2.24. The van der Waals surface area contributed by atoms with E-state index in [4.69, 9.17) is 23.8 Å². The summed E-state index contributed by atoms with van der Waals surface area (Å²) in [5, 5.41) is 6.70. The number of quaternary nitrogens is 1. The number of halogens is 3. The fourth-order valence-electron chi connectivity index (χ4n) is 2.48. The van der Waals surface area contributed by atoms with E-state index in [-0.39, 0.29) is 17.7 Å². The van der Waals surface area contributed by atoms with Gasteiger partial charge in [0.05, 0.1) is 31.2 Å². The minimum Gasteiger partial charge on any atom is -0.356 e. The molecule has 0 unspecified atom stereocenters. The SMILES string of the molecule is Cc1ccc(NC(=S)NC[C@H](c2c(F)cccc2Cl)[NH+](C)C)cc1F. The molecule has 134 valence electrons. The maximum atomic E-state index is 14.2. The van der Waals surface area contributed by atoms with Crippen LogP contribution in [-0.4, -0.2) is 25.8 Å². The first-order valence-electron chi connectivity index (χ1n) is 7.84. The molecule has 3 N–H and O–H groups in total. The van der Waals surface area contributed by atoms with Gasteiger partial charge < -0.3 is 15.5 Å². The highest BCUT2D eigenvalue weighted by Crippen LogP contribution is 2.24. The van der Waals surface area contributed by atoms with Crippen molar-refractivity contribution in [3.05, 3.63) is 64.2 Å². The average Bonchev–Trinajstić information content (AvgIpc) is 2.53. The number of likely N-dealkylation sites (N-methyl/N-ethyl adjacent to an activating group) is 1. The maximum Gasteiger partial charge on any atom is 0.171 e. The lowest BCUT2D eigenvalue weighted by molar-refractivity contribution is -0.890. The molecule has 2 aromatic carbocycles. The molecule has 1 atom stereocenters. The third kappa shape index (κ3) is 5.11. The predicted molar refractivity (Wildman–Crippen MR) is 102 cm³/mol. The number of rotatable bonds is 5. The Morgan fingerprint density at radius 2 is 1.92 bits per heavy atom. The van der Waals surface area contributed by atoms with Gasteiger partial charge in [-0.25, -0.2) is 8.78 Å². The molecule has 0 radical (unpaired) electrons. The van der Waals surface area contributed by atoms with Crippen LogP contribution in [0.25, 0.3) is 0 Å². The number of aryl methyl sites for hydroxylation is 1. The zero-order valence-electron chi connectivity index (χ0n) is 14.3. The van der Waals surface area contributed by atoms with Crippen LogP contribution in [0.15, 0.2) is 36.4 Å². The Kier molecular flexibility index (Phi) is 6.70. The van der Waals surface area contributed by atoms with Crippen molar-refractivity contribution in [1.29, 1.82) is 0 Å². The summed E-state index contributed by atoms with van der Waals surface area (Å²) in [6, 6.07) is 9.20. The molecule has 2 aromatic rings. The first-order chi connectivity index (χ1) is 11.8. The molecule has 0 aliphatic heterocycles. The van der Waals surface area contributed by atoms with Crippen molar-refractivity contribution in [2.45, 2.75) is 13.0 Å². The molecule has 0 fully saturated rings. The zero-order chi connectivity index (χ0) is 18.6. The number of benzene rings is 2. The Morgan fingerprint density at radius 1 is 1.20 bits per heavy atom. The van der Waals surface area contributed by atoms with Crippen LogP contribution < -0.4 is 15.5 Å². The Balaban J connectivity index is 2.06. The Morgan fingerprint density at radius 3 is 2.52 bits per heavy atom. The molecular formula is C18H21ClF2N3S+. The highest BCUT2D eigenvalue weighted by atomic mass is 35.5. The van der Waals surface area contributed by atoms with Crippen LogP contribution in [0.2, 0.25) is 5.02 Å². The van der Waals surface area contributed by atoms with E-state index in [0.29, 0.717) is 33.5 Å². The molecule has 0 aliphatic rings. The highest BCUT2D eigenvalue weighted by Gasteiger charge is 2.24. The summed E-state index contributed by atoms with van der Waals surface area (Å²) < 4.78 is 27.8. The molecule has 0 amide bonds. The summed E-state index contributed by atoms with van der Waals surface area (Å²) in [5.41, 5.74) is 1.56. The van der Waals surface area contributed by atoms with Crippen LogP contribution in [0.4, 0.5) is 14.5 Å². The van der Waals surface area contributed by atoms with Crippen LogP contribution in [-0.2, 0) is 0 Å². The third-order valence-corrected chi connectivity index (χ3v) is 4.52. The Labute approximate surface area is 157 Å². The lowest BCUT2D eigenvalue weighted by atomic mass is 10.1. The summed E-state index contributed by atoms with van der Waals surface area (Å²) >= 11 is 11.4. The monoisotopic (exact) mass is 384 g/mol. The summed E-state index contributed by atoms with van der Waals surface area (Å²) in [4.78, 5) is 1.00. The van der Waals surface area contributed by atoms with Gasteiger partial charge >= 0.3 is 0 Å². The smallest absolute Gasteiger partial charge is 0.171 e. The van der Waals surface area contributed by atoms with Crippen LogP contribution in [0.5, 0.6) is 0 Å². The number of nitrogens with one attached hydrogen (secondary N) is 3. The molecule has 0 bridgehead atoms. The molecule has 0 aromatic heterocycles. The molecular weight excluding hydrogens is 364 g/mol. The number of hydrogen-bond acceptors (Lipinski definition) is 1. The van der Waals surface area contributed by atoms with Gasteiger partial charge in [0, 0.05) is 5.69 Å². The maximum absolute atomic E-state index is 14.2. The normalized spacial score (nSPS) is 12.1. The second-order valence-electron chi connectivity index (χ2n) is 6.06. The van der Waals surface area contributed by atoms with Crippen LogP contribution in [0.1, 0.15) is 17.2 Å². The zero-order valence-corrected chi connectivity index (χ0v) is 15.9. The van der Waals surface area contributed by atoms with Gasteiger partial charge in [-0.15, -0.1) is 0 Å². The minimum absolute atomic E-state index is 0.233. The van der Waals surface area contributed by atoms with Crippen molar-refractivity contribution >= 4 is 34.6 Å². The molecule has 7 heteroatoms. The first kappa shape index (κ1) is 19.6. The number of thiocarbonyl (C=S) groups is 1. The van der Waals surface area contributed by atoms with Gasteiger partial charge in [0.1, 0.15) is 17.7 Å². The van der Waals surface area contributed by atoms with Crippen molar-refractivity contribution in [3.63, 3.8) is 0 Å². The molecule has 0 saturated heterocycles. The second-order valence-corrected chi connectivity index (χ2v) is 6.88. The number of hydrogen-bond donors (Lipinski definition) is 3. The average molecular weight is 385 g/mol. The molecule has 3 nitrogen and oxygen atoms in total. The van der Waals surface area contributed by atoms with Crippen molar-refractivity contribution < 1.29 is 13.7 Å². The van der Waals surface area contributed by atoms with Crippen molar-refractivity contribution in [3.8, 4) is 0 Å². The number of anilines is 1. The van der Waals surface area contributed by atoms with E-state index in [0.717, 1.165) is 4.90 Å². The van der Waals surface area contributed by atoms with Gasteiger partial charge in [-0.2, -0.15) is 0 Å². The molecule has 0 spiro atoms. The topological polar surface area (TPSA) is 28.5 Å². The van der Waals surface area contributed by atoms with Crippen LogP contribution >= 0.6 is 23.8 Å². The van der Waals surface area contributed by atoms with Gasteiger partial charge in [0.2, 0.25) is 0 Å². The molecule has 25 heavy (non-hydrogen) atoms. The van der Waals surface area contributed by atoms with Gasteiger partial charge in [0.15, 0.2) is 5.11 Å². The fraction of sp³-hybridized carbons (Fsp3) is 0.278. The molecule has 0 aliphatic carbocycles. The summed E-state index contributed by atoms with van der Waals surface area (Å²) in [7, 11) is 3.84. The highest BCUT2D eigenvalue weighted by molar-refractivity contribution is 7.80. The molecule has 0 heterocycles. The van der Waals surface area contributed by atoms with Gasteiger partial charge in [0.25, 0.3) is 0 Å². The molecule has 0 saturated carbocycles. The van der Waals surface area contributed by atoms with E-state index < -0.39 is 0 Å². The van der Waals surface area contributed by atoms with E-state index in [1.165, 1.54) is 12.1 Å². The fourth-order valence-corrected chi connectivity index (χ4v) is 2.98. The third-order valence-electron chi connectivity index (χ3n) is 3.94. The standard InChI is InChI=1S/C18H20ClF2N3S/c1-11-7-8-12(9-15(11)21)23-18(25)22-10-16(24(2)3)17-13(19)5-4-6-14(17)20/h4-9,16H,10H2,1-3H3,(H2,22,23,25)/p+1/t16-/m1/s1. The summed E-state index contributed by atoms with van der Waals surface area (Å²) in [6.45, 7) is 2.07. The minimum atomic E-state index is -0.347. The van der Waals surface area contributed by atoms with Crippen molar-refractivity contribution in [2.75, 3.05) is 26.0 Å². The summed E-state index contributed by atoms with van der Waals surface area (Å²) in [6.07, 6.45) is 0. The van der Waals surface area contributed by atoms with Crippen molar-refractivity contribution in [2.24, 2.45) is 0 Å². The van der Waals surface area contributed by atoms with Gasteiger partial charge in [-0.05, 0) is 49.0 Å². The quantitative estimate of drug-likeness (QED) is 0.692. The Bertz CT molecular complexity index is 748. The summed E-state index contributed by atoms with van der Waals surface area (Å²) in [5.74, 6) is -0.651. The van der Waals surface area contributed by atoms with E-state index in [1.807, 2.05) is 14.1 Å². The molecule has 2 rings (SSSR count). The van der Waals surface area contributed by atoms with E-state index in [2.05, 4.69) is 10.6 Å². The second kappa shape index (κ2) is 8.56. The van der Waals surface area contributed by atoms with Crippen LogP contribution in [0, 0.1) is 18.6 Å². The predicted octanol–water partition coefficient (Wildman–Crippen LogP) is 3.10. The van der Waals surface area contributed by atoms with Gasteiger partial charge in [-0.1, -0.05) is 23.7 Å². The van der Waals surface area contributed by atoms with E-state index in [9.17, 15) is 8.78 Å². The van der Waals surface area contributed by atoms with Gasteiger partial charge in [-0.3, -0.25) is 0 Å². The lowest BCUT2D eigenvalue weighted by Crippen LogP contribution is -3.07. The first-order valence-corrected chi connectivity index (χ1v) is 8.63. The van der Waals surface area contributed by atoms with E-state index >= 15 is 0 Å². The largest absolute Gasteiger partial charge is 0.356 e. The van der Waals surface area contributed by atoms with Crippen LogP contribution in [0.3, 0.4) is 0 Å².